The molecule has 12 heavy (non-hydrogen) atoms. The molecule has 0 saturated carbocycles. The van der Waals surface area contributed by atoms with E-state index >= 15 is 0 Å². The molecule has 0 aromatic carbocycles. The molecular formula is C8H20N2O2. The van der Waals surface area contributed by atoms with E-state index in [1.807, 2.05) is 6.92 Å². The van der Waals surface area contributed by atoms with Gasteiger partial charge in [0.2, 0.25) is 0 Å². The summed E-state index contributed by atoms with van der Waals surface area (Å²) in [6.45, 7) is 1.93. The van der Waals surface area contributed by atoms with Gasteiger partial charge in [-0.2, -0.15) is 0 Å². The molecule has 0 aromatic heterocycles. The maximum Gasteiger partial charge on any atom is 0.0816 e. The molecule has 0 saturated heterocycles. The van der Waals surface area contributed by atoms with Crippen LogP contribution in [0.15, 0.2) is 0 Å². The molecule has 0 fully saturated rings. The van der Waals surface area contributed by atoms with Crippen molar-refractivity contribution in [3.8, 4) is 0 Å². The highest BCUT2D eigenvalue weighted by atomic mass is 16.5. The van der Waals surface area contributed by atoms with E-state index in [0.717, 1.165) is 6.42 Å². The van der Waals surface area contributed by atoms with Gasteiger partial charge in [-0.05, 0) is 19.8 Å². The van der Waals surface area contributed by atoms with Gasteiger partial charge in [-0.25, -0.2) is 0 Å². The second-order valence-corrected chi connectivity index (χ2v) is 3.25. The first-order valence-corrected chi connectivity index (χ1v) is 4.25. The number of hydrogen-bond donors (Lipinski definition) is 3. The summed E-state index contributed by atoms with van der Waals surface area (Å²) in [5.41, 5.74) is 11.3. The highest BCUT2D eigenvalue weighted by Gasteiger charge is 2.12. The number of ether oxygens (including phenoxy) is 1. The van der Waals surface area contributed by atoms with Crippen LogP contribution < -0.4 is 11.5 Å². The molecule has 0 radical (unpaired) electrons. The number of methoxy groups -OCH3 is 1. The number of aliphatic hydroxyl groups excluding tert-OH is 1. The molecule has 0 amide bonds. The van der Waals surface area contributed by atoms with E-state index in [1.54, 1.807) is 7.11 Å². The Labute approximate surface area is 73.9 Å². The summed E-state index contributed by atoms with van der Waals surface area (Å²) in [5, 5.41) is 8.80. The van der Waals surface area contributed by atoms with Crippen LogP contribution in [0.4, 0.5) is 0 Å². The van der Waals surface area contributed by atoms with Crippen molar-refractivity contribution >= 4 is 0 Å². The quantitative estimate of drug-likeness (QED) is 0.507. The molecule has 0 bridgehead atoms. The zero-order valence-corrected chi connectivity index (χ0v) is 7.86. The van der Waals surface area contributed by atoms with E-state index < -0.39 is 0 Å². The fraction of sp³-hybridized carbons (Fsp3) is 1.00. The number of aliphatic hydroxyl groups is 1. The Balaban J connectivity index is 3.58. The van der Waals surface area contributed by atoms with Crippen molar-refractivity contribution in [1.82, 2.24) is 0 Å². The summed E-state index contributed by atoms with van der Waals surface area (Å²) in [6.07, 6.45) is 1.27. The molecule has 0 aromatic rings. The Morgan fingerprint density at radius 2 is 1.92 bits per heavy atom. The predicted octanol–water partition coefficient (Wildman–Crippen LogP) is -0.552. The predicted molar refractivity (Wildman–Crippen MR) is 48.7 cm³/mol. The first kappa shape index (κ1) is 11.8. The minimum Gasteiger partial charge on any atom is -0.394 e. The molecule has 0 spiro atoms. The van der Waals surface area contributed by atoms with Crippen molar-refractivity contribution in [2.24, 2.45) is 11.5 Å². The summed E-state index contributed by atoms with van der Waals surface area (Å²) in [7, 11) is 1.57. The smallest absolute Gasteiger partial charge is 0.0816 e. The third kappa shape index (κ3) is 5.49. The van der Waals surface area contributed by atoms with E-state index in [9.17, 15) is 0 Å². The lowest BCUT2D eigenvalue weighted by Gasteiger charge is -2.18. The molecule has 4 nitrogen and oxygen atoms in total. The van der Waals surface area contributed by atoms with Crippen LogP contribution in [0.25, 0.3) is 0 Å². The van der Waals surface area contributed by atoms with Crippen molar-refractivity contribution in [2.75, 3.05) is 13.7 Å². The van der Waals surface area contributed by atoms with Gasteiger partial charge in [0.1, 0.15) is 0 Å². The molecule has 5 N–H and O–H groups in total. The number of hydrogen-bond acceptors (Lipinski definition) is 4. The summed E-state index contributed by atoms with van der Waals surface area (Å²) in [6, 6.07) is 0.123. The minimum absolute atomic E-state index is 0.0158. The van der Waals surface area contributed by atoms with Crippen LogP contribution in [0.3, 0.4) is 0 Å². The standard InChI is InChI=1S/C8H20N2O2/c1-6(9)3-7(10)4-8(5-11)12-2/h6-8,11H,3-5,9-10H2,1-2H3/t6?,7-,8?/m1/s1. The average Bonchev–Trinajstić information content (AvgIpc) is 1.98. The Bertz CT molecular complexity index is 105. The highest BCUT2D eigenvalue weighted by Crippen LogP contribution is 2.04. The SMILES string of the molecule is COC(CO)C[C@H](N)CC(C)N. The summed E-state index contributed by atoms with van der Waals surface area (Å²) in [5.74, 6) is 0. The van der Waals surface area contributed by atoms with Gasteiger partial charge in [0.15, 0.2) is 0 Å². The molecule has 0 heterocycles. The number of rotatable bonds is 6. The van der Waals surface area contributed by atoms with Crippen molar-refractivity contribution in [3.05, 3.63) is 0 Å². The topological polar surface area (TPSA) is 81.5 Å². The van der Waals surface area contributed by atoms with Crippen LogP contribution in [0.5, 0.6) is 0 Å². The molecule has 0 rings (SSSR count). The Morgan fingerprint density at radius 3 is 2.25 bits per heavy atom. The normalized spacial score (nSPS) is 18.8. The zero-order valence-electron chi connectivity index (χ0n) is 7.86. The lowest BCUT2D eigenvalue weighted by atomic mass is 10.0. The molecule has 0 aliphatic carbocycles. The average molecular weight is 176 g/mol. The first-order chi connectivity index (χ1) is 5.60. The maximum absolute atomic E-state index is 8.80. The van der Waals surface area contributed by atoms with E-state index in [4.69, 9.17) is 21.3 Å². The van der Waals surface area contributed by atoms with Crippen molar-refractivity contribution in [2.45, 2.75) is 38.0 Å². The Morgan fingerprint density at radius 1 is 1.33 bits per heavy atom. The van der Waals surface area contributed by atoms with Crippen LogP contribution >= 0.6 is 0 Å². The maximum atomic E-state index is 8.80. The van der Waals surface area contributed by atoms with Gasteiger partial charge in [0.05, 0.1) is 12.7 Å². The molecule has 4 heteroatoms. The second-order valence-electron chi connectivity index (χ2n) is 3.25. The Hall–Kier alpha value is -0.160. The highest BCUT2D eigenvalue weighted by molar-refractivity contribution is 4.71. The van der Waals surface area contributed by atoms with Gasteiger partial charge >= 0.3 is 0 Å². The number of nitrogens with two attached hydrogens (primary N) is 2. The van der Waals surface area contributed by atoms with E-state index in [0.29, 0.717) is 6.42 Å². The second kappa shape index (κ2) is 6.37. The fourth-order valence-corrected chi connectivity index (χ4v) is 1.16. The zero-order chi connectivity index (χ0) is 9.56. The molecule has 0 aliphatic rings. The van der Waals surface area contributed by atoms with Crippen LogP contribution in [-0.2, 0) is 4.74 Å². The van der Waals surface area contributed by atoms with Crippen LogP contribution in [0.1, 0.15) is 19.8 Å². The molecule has 0 aliphatic heterocycles. The summed E-state index contributed by atoms with van der Waals surface area (Å²) in [4.78, 5) is 0. The van der Waals surface area contributed by atoms with E-state index in [2.05, 4.69) is 0 Å². The minimum atomic E-state index is -0.154. The lowest BCUT2D eigenvalue weighted by Crippen LogP contribution is -2.34. The monoisotopic (exact) mass is 176 g/mol. The van der Waals surface area contributed by atoms with Crippen LogP contribution in [0, 0.1) is 0 Å². The molecule has 2 unspecified atom stereocenters. The van der Waals surface area contributed by atoms with E-state index in [1.165, 1.54) is 0 Å². The van der Waals surface area contributed by atoms with Crippen molar-refractivity contribution in [1.29, 1.82) is 0 Å². The van der Waals surface area contributed by atoms with Crippen LogP contribution in [0.2, 0.25) is 0 Å². The van der Waals surface area contributed by atoms with Crippen molar-refractivity contribution in [3.63, 3.8) is 0 Å². The Kier molecular flexibility index (Phi) is 6.28. The van der Waals surface area contributed by atoms with Gasteiger partial charge in [0, 0.05) is 19.2 Å². The first-order valence-electron chi connectivity index (χ1n) is 4.25. The molecule has 3 atom stereocenters. The van der Waals surface area contributed by atoms with Crippen molar-refractivity contribution < 1.29 is 9.84 Å². The summed E-state index contributed by atoms with van der Waals surface area (Å²) < 4.78 is 4.98. The van der Waals surface area contributed by atoms with Gasteiger partial charge in [0.25, 0.3) is 0 Å². The molecular weight excluding hydrogens is 156 g/mol. The summed E-state index contributed by atoms with van der Waals surface area (Å²) >= 11 is 0. The largest absolute Gasteiger partial charge is 0.394 e. The van der Waals surface area contributed by atoms with Gasteiger partial charge < -0.3 is 21.3 Å². The molecule has 74 valence electrons. The lowest BCUT2D eigenvalue weighted by molar-refractivity contribution is 0.0379. The van der Waals surface area contributed by atoms with Crippen LogP contribution in [-0.4, -0.2) is 37.0 Å². The third-order valence-electron chi connectivity index (χ3n) is 1.78. The van der Waals surface area contributed by atoms with Gasteiger partial charge in [-0.15, -0.1) is 0 Å². The van der Waals surface area contributed by atoms with Gasteiger partial charge in [-0.1, -0.05) is 0 Å². The van der Waals surface area contributed by atoms with E-state index in [-0.39, 0.29) is 24.8 Å². The van der Waals surface area contributed by atoms with Gasteiger partial charge in [-0.3, -0.25) is 0 Å². The third-order valence-corrected chi connectivity index (χ3v) is 1.78. The fourth-order valence-electron chi connectivity index (χ4n) is 1.16.